The lowest BCUT2D eigenvalue weighted by Gasteiger charge is -2.33. The summed E-state index contributed by atoms with van der Waals surface area (Å²) in [4.78, 5) is 14.8. The van der Waals surface area contributed by atoms with Gasteiger partial charge in [-0.3, -0.25) is 10.3 Å². The number of carboxylic acid groups (broad SMARTS) is 1. The van der Waals surface area contributed by atoms with E-state index in [1.807, 2.05) is 6.92 Å². The summed E-state index contributed by atoms with van der Waals surface area (Å²) in [5.41, 5.74) is 1.79. The number of ether oxygens (including phenoxy) is 2. The minimum atomic E-state index is -1.14. The van der Waals surface area contributed by atoms with Crippen molar-refractivity contribution in [1.29, 1.82) is 0 Å². The second-order valence-electron chi connectivity index (χ2n) is 4.29. The monoisotopic (exact) mass is 238 g/mol. The predicted octanol–water partition coefficient (Wildman–Crippen LogP) is 2.13. The minimum Gasteiger partial charge on any atom is -0.465 e. The van der Waals surface area contributed by atoms with Crippen LogP contribution in [0.3, 0.4) is 0 Å². The molecule has 2 heterocycles. The molecule has 1 aromatic heterocycles. The minimum absolute atomic E-state index is 0.293. The number of anilines is 1. The number of rotatable bonds is 1. The quantitative estimate of drug-likeness (QED) is 0.783. The van der Waals surface area contributed by atoms with E-state index in [9.17, 15) is 4.79 Å². The van der Waals surface area contributed by atoms with Crippen molar-refractivity contribution < 1.29 is 19.4 Å². The maximum Gasteiger partial charge on any atom is 0.409 e. The van der Waals surface area contributed by atoms with Crippen LogP contribution in [0, 0.1) is 6.92 Å². The molecule has 1 amide bonds. The smallest absolute Gasteiger partial charge is 0.409 e. The highest BCUT2D eigenvalue weighted by Gasteiger charge is 2.30. The first kappa shape index (κ1) is 11.7. The van der Waals surface area contributed by atoms with Crippen LogP contribution >= 0.6 is 0 Å². The standard InChI is InChI=1S/C11H14N2O4/c1-6-9-7(5-16-11(2,3)17-9)8(4-12-6)13-10(14)15/h4,13H,5H2,1-3H3,(H,14,15). The Bertz CT molecular complexity index is 471. The number of amides is 1. The molecule has 6 nitrogen and oxygen atoms in total. The molecule has 17 heavy (non-hydrogen) atoms. The second kappa shape index (κ2) is 3.89. The molecule has 0 spiro atoms. The molecule has 2 N–H and O–H groups in total. The van der Waals surface area contributed by atoms with Crippen LogP contribution in [-0.2, 0) is 11.3 Å². The molecule has 0 saturated carbocycles. The second-order valence-corrected chi connectivity index (χ2v) is 4.29. The first-order chi connectivity index (χ1) is 7.89. The Morgan fingerprint density at radius 1 is 1.59 bits per heavy atom. The Balaban J connectivity index is 2.44. The number of aryl methyl sites for hydroxylation is 1. The van der Waals surface area contributed by atoms with Gasteiger partial charge >= 0.3 is 6.09 Å². The largest absolute Gasteiger partial charge is 0.465 e. The highest BCUT2D eigenvalue weighted by atomic mass is 16.7. The molecule has 1 aromatic rings. The number of nitrogens with one attached hydrogen (secondary N) is 1. The molecule has 1 aliphatic heterocycles. The maximum absolute atomic E-state index is 10.6. The third kappa shape index (κ3) is 2.31. The van der Waals surface area contributed by atoms with Gasteiger partial charge in [0, 0.05) is 19.4 Å². The predicted molar refractivity (Wildman–Crippen MR) is 60.1 cm³/mol. The van der Waals surface area contributed by atoms with Crippen molar-refractivity contribution in [2.45, 2.75) is 33.2 Å². The van der Waals surface area contributed by atoms with Gasteiger partial charge in [0.25, 0.3) is 0 Å². The molecule has 0 saturated heterocycles. The van der Waals surface area contributed by atoms with Crippen molar-refractivity contribution in [1.82, 2.24) is 4.98 Å². The lowest BCUT2D eigenvalue weighted by molar-refractivity contribution is -0.180. The average Bonchev–Trinajstić information content (AvgIpc) is 2.21. The molecule has 0 unspecified atom stereocenters. The summed E-state index contributed by atoms with van der Waals surface area (Å²) in [5, 5.41) is 11.0. The maximum atomic E-state index is 10.6. The van der Waals surface area contributed by atoms with E-state index in [2.05, 4.69) is 10.3 Å². The van der Waals surface area contributed by atoms with Crippen LogP contribution in [0.25, 0.3) is 0 Å². The Morgan fingerprint density at radius 3 is 2.94 bits per heavy atom. The summed E-state index contributed by atoms with van der Waals surface area (Å²) >= 11 is 0. The highest BCUT2D eigenvalue weighted by molar-refractivity contribution is 5.84. The molecule has 0 fully saturated rings. The van der Waals surface area contributed by atoms with E-state index in [-0.39, 0.29) is 0 Å². The molecule has 0 radical (unpaired) electrons. The molecule has 0 aliphatic carbocycles. The SMILES string of the molecule is Cc1ncc(NC(=O)O)c2c1OC(C)(C)OC2. The first-order valence-corrected chi connectivity index (χ1v) is 5.20. The van der Waals surface area contributed by atoms with Crippen LogP contribution in [-0.4, -0.2) is 22.0 Å². The lowest BCUT2D eigenvalue weighted by atomic mass is 10.1. The summed E-state index contributed by atoms with van der Waals surface area (Å²) in [6, 6.07) is 0. The van der Waals surface area contributed by atoms with E-state index in [4.69, 9.17) is 14.6 Å². The Hall–Kier alpha value is -1.82. The van der Waals surface area contributed by atoms with Gasteiger partial charge in [-0.05, 0) is 6.92 Å². The summed E-state index contributed by atoms with van der Waals surface area (Å²) < 4.78 is 11.1. The summed E-state index contributed by atoms with van der Waals surface area (Å²) in [5.74, 6) is -0.131. The molecular weight excluding hydrogens is 224 g/mol. The van der Waals surface area contributed by atoms with Crippen LogP contribution in [0.5, 0.6) is 5.75 Å². The van der Waals surface area contributed by atoms with Crippen molar-refractivity contribution in [2.75, 3.05) is 5.32 Å². The van der Waals surface area contributed by atoms with E-state index in [1.54, 1.807) is 13.8 Å². The molecule has 0 aromatic carbocycles. The van der Waals surface area contributed by atoms with Gasteiger partial charge in [0.05, 0.1) is 24.2 Å². The van der Waals surface area contributed by atoms with Gasteiger partial charge in [0.2, 0.25) is 5.79 Å². The van der Waals surface area contributed by atoms with Gasteiger partial charge in [-0.15, -0.1) is 0 Å². The van der Waals surface area contributed by atoms with E-state index in [0.29, 0.717) is 29.3 Å². The fourth-order valence-electron chi connectivity index (χ4n) is 1.66. The number of pyridine rings is 1. The van der Waals surface area contributed by atoms with Crippen molar-refractivity contribution in [3.63, 3.8) is 0 Å². The molecule has 6 heteroatoms. The lowest BCUT2D eigenvalue weighted by Crippen LogP contribution is -2.36. The van der Waals surface area contributed by atoms with Crippen LogP contribution in [0.1, 0.15) is 25.1 Å². The van der Waals surface area contributed by atoms with Gasteiger partial charge in [-0.25, -0.2) is 4.79 Å². The zero-order valence-corrected chi connectivity index (χ0v) is 9.90. The average molecular weight is 238 g/mol. The highest BCUT2D eigenvalue weighted by Crippen LogP contribution is 2.37. The molecule has 1 aliphatic rings. The number of fused-ring (bicyclic) bond motifs is 1. The normalized spacial score (nSPS) is 16.9. The molecule has 0 bridgehead atoms. The van der Waals surface area contributed by atoms with E-state index in [1.165, 1.54) is 6.20 Å². The summed E-state index contributed by atoms with van der Waals surface area (Å²) in [7, 11) is 0. The topological polar surface area (TPSA) is 80.7 Å². The molecule has 92 valence electrons. The Morgan fingerprint density at radius 2 is 2.29 bits per heavy atom. The Labute approximate surface area is 98.6 Å². The van der Waals surface area contributed by atoms with Crippen molar-refractivity contribution in [3.05, 3.63) is 17.5 Å². The van der Waals surface area contributed by atoms with Gasteiger partial charge < -0.3 is 14.6 Å². The van der Waals surface area contributed by atoms with Crippen molar-refractivity contribution in [3.8, 4) is 5.75 Å². The van der Waals surface area contributed by atoms with Gasteiger partial charge in [0.15, 0.2) is 5.75 Å². The van der Waals surface area contributed by atoms with Crippen LogP contribution < -0.4 is 10.1 Å². The van der Waals surface area contributed by atoms with Crippen molar-refractivity contribution >= 4 is 11.8 Å². The zero-order chi connectivity index (χ0) is 12.6. The van der Waals surface area contributed by atoms with Crippen LogP contribution in [0.2, 0.25) is 0 Å². The number of hydrogen-bond donors (Lipinski definition) is 2. The third-order valence-corrected chi connectivity index (χ3v) is 2.47. The van der Waals surface area contributed by atoms with Gasteiger partial charge in [-0.1, -0.05) is 0 Å². The number of nitrogens with zero attached hydrogens (tertiary/aromatic N) is 1. The number of aromatic nitrogens is 1. The van der Waals surface area contributed by atoms with Crippen LogP contribution in [0.15, 0.2) is 6.20 Å². The van der Waals surface area contributed by atoms with E-state index in [0.717, 1.165) is 0 Å². The Kier molecular flexibility index (Phi) is 2.66. The fraction of sp³-hybridized carbons (Fsp3) is 0.455. The van der Waals surface area contributed by atoms with E-state index < -0.39 is 11.9 Å². The zero-order valence-electron chi connectivity index (χ0n) is 9.90. The molecule has 0 atom stereocenters. The van der Waals surface area contributed by atoms with E-state index >= 15 is 0 Å². The third-order valence-electron chi connectivity index (χ3n) is 2.47. The van der Waals surface area contributed by atoms with Gasteiger partial charge in [-0.2, -0.15) is 0 Å². The summed E-state index contributed by atoms with van der Waals surface area (Å²) in [6.45, 7) is 5.70. The fourth-order valence-corrected chi connectivity index (χ4v) is 1.66. The number of carbonyl (C=O) groups is 1. The number of hydrogen-bond acceptors (Lipinski definition) is 4. The summed E-state index contributed by atoms with van der Waals surface area (Å²) in [6.07, 6.45) is 0.329. The van der Waals surface area contributed by atoms with Crippen molar-refractivity contribution in [2.24, 2.45) is 0 Å². The first-order valence-electron chi connectivity index (χ1n) is 5.20. The van der Waals surface area contributed by atoms with Gasteiger partial charge in [0.1, 0.15) is 0 Å². The van der Waals surface area contributed by atoms with Crippen LogP contribution in [0.4, 0.5) is 10.5 Å². The molecular formula is C11H14N2O4. The molecule has 2 rings (SSSR count).